The van der Waals surface area contributed by atoms with E-state index in [1.807, 2.05) is 0 Å². The van der Waals surface area contributed by atoms with Crippen LogP contribution >= 0.6 is 0 Å². The quantitative estimate of drug-likeness (QED) is 0.264. The van der Waals surface area contributed by atoms with Gasteiger partial charge in [-0.2, -0.15) is 13.2 Å². The molecule has 0 aromatic heterocycles. The van der Waals surface area contributed by atoms with Crippen LogP contribution < -0.4 is 14.2 Å². The third-order valence-electron chi connectivity index (χ3n) is 3.96. The smallest absolute Gasteiger partial charge is 0.416 e. The maximum Gasteiger partial charge on any atom is 0.416 e. The monoisotopic (exact) mass is 456 g/mol. The number of allylic oxidation sites excluding steroid dienone is 1. The maximum absolute atomic E-state index is 13.0. The summed E-state index contributed by atoms with van der Waals surface area (Å²) in [6, 6.07) is 7.34. The molecule has 0 atom stereocenters. The standard InChI is InChI=1S/C22H23F3O7/c1-27-12-30-17-10-19(31-13-28-2)21(20(11-17)32-14-29-3)18(26)9-6-15-4-7-16(8-5-15)22(23,24)25/h4-11H,12-14H2,1-3H3/b9-6+. The number of hydrogen-bond donors (Lipinski definition) is 0. The molecule has 2 aromatic rings. The summed E-state index contributed by atoms with van der Waals surface area (Å²) in [4.78, 5) is 13.0. The van der Waals surface area contributed by atoms with Crippen molar-refractivity contribution >= 4 is 11.9 Å². The van der Waals surface area contributed by atoms with Gasteiger partial charge in [0, 0.05) is 33.5 Å². The van der Waals surface area contributed by atoms with E-state index in [4.69, 9.17) is 28.4 Å². The molecular weight excluding hydrogens is 433 g/mol. The lowest BCUT2D eigenvalue weighted by Gasteiger charge is -2.16. The van der Waals surface area contributed by atoms with Crippen LogP contribution in [0, 0.1) is 0 Å². The van der Waals surface area contributed by atoms with Crippen molar-refractivity contribution in [1.29, 1.82) is 0 Å². The Kier molecular flexibility index (Phi) is 9.51. The molecule has 2 aromatic carbocycles. The van der Waals surface area contributed by atoms with Crippen LogP contribution in [0.15, 0.2) is 42.5 Å². The third-order valence-corrected chi connectivity index (χ3v) is 3.96. The van der Waals surface area contributed by atoms with Crippen molar-refractivity contribution in [2.45, 2.75) is 6.18 Å². The zero-order chi connectivity index (χ0) is 23.6. The molecule has 0 aliphatic carbocycles. The Morgan fingerprint density at radius 3 is 1.81 bits per heavy atom. The van der Waals surface area contributed by atoms with Gasteiger partial charge in [-0.3, -0.25) is 4.79 Å². The van der Waals surface area contributed by atoms with Crippen LogP contribution in [0.4, 0.5) is 13.2 Å². The fourth-order valence-electron chi connectivity index (χ4n) is 2.53. The van der Waals surface area contributed by atoms with Crippen LogP contribution in [0.2, 0.25) is 0 Å². The third kappa shape index (κ3) is 7.26. The van der Waals surface area contributed by atoms with Crippen molar-refractivity contribution in [1.82, 2.24) is 0 Å². The van der Waals surface area contributed by atoms with Crippen molar-refractivity contribution in [2.24, 2.45) is 0 Å². The summed E-state index contributed by atoms with van der Waals surface area (Å²) in [5.41, 5.74) is -0.310. The van der Waals surface area contributed by atoms with Crippen LogP contribution in [0.25, 0.3) is 6.08 Å². The number of ketones is 1. The maximum atomic E-state index is 13.0. The molecule has 2 rings (SSSR count). The average molecular weight is 456 g/mol. The fraction of sp³-hybridized carbons (Fsp3) is 0.318. The summed E-state index contributed by atoms with van der Waals surface area (Å²) >= 11 is 0. The molecule has 7 nitrogen and oxygen atoms in total. The largest absolute Gasteiger partial charge is 0.467 e. The molecule has 0 aliphatic heterocycles. The Morgan fingerprint density at radius 1 is 0.844 bits per heavy atom. The van der Waals surface area contributed by atoms with Crippen LogP contribution in [-0.4, -0.2) is 47.5 Å². The molecule has 0 amide bonds. The molecule has 174 valence electrons. The number of methoxy groups -OCH3 is 3. The van der Waals surface area contributed by atoms with E-state index in [9.17, 15) is 18.0 Å². The fourth-order valence-corrected chi connectivity index (χ4v) is 2.53. The molecule has 32 heavy (non-hydrogen) atoms. The van der Waals surface area contributed by atoms with Crippen LogP contribution in [-0.2, 0) is 20.4 Å². The van der Waals surface area contributed by atoms with Crippen LogP contribution in [0.1, 0.15) is 21.5 Å². The van der Waals surface area contributed by atoms with Gasteiger partial charge in [-0.15, -0.1) is 0 Å². The van der Waals surface area contributed by atoms with Crippen LogP contribution in [0.5, 0.6) is 17.2 Å². The Bertz CT molecular complexity index is 880. The Morgan fingerprint density at radius 2 is 1.34 bits per heavy atom. The molecule has 0 fully saturated rings. The molecule has 0 saturated carbocycles. The Labute approximate surface area is 183 Å². The molecule has 0 N–H and O–H groups in total. The topological polar surface area (TPSA) is 72.5 Å². The second kappa shape index (κ2) is 12.1. The predicted molar refractivity (Wildman–Crippen MR) is 109 cm³/mol. The molecule has 0 saturated heterocycles. The first-order valence-corrected chi connectivity index (χ1v) is 9.23. The number of benzene rings is 2. The summed E-state index contributed by atoms with van der Waals surface area (Å²) in [5, 5.41) is 0. The van der Waals surface area contributed by atoms with Crippen molar-refractivity contribution in [3.63, 3.8) is 0 Å². The first-order chi connectivity index (χ1) is 15.3. The first kappa shape index (κ1) is 25.2. The molecule has 0 bridgehead atoms. The minimum absolute atomic E-state index is 0.0471. The average Bonchev–Trinajstić information content (AvgIpc) is 2.77. The summed E-state index contributed by atoms with van der Waals surface area (Å²) in [6.07, 6.45) is -1.85. The molecular formula is C22H23F3O7. The van der Waals surface area contributed by atoms with E-state index >= 15 is 0 Å². The number of carbonyl (C=O) groups is 1. The second-order valence-electron chi connectivity index (χ2n) is 6.26. The van der Waals surface area contributed by atoms with Gasteiger partial charge in [0.05, 0.1) is 5.56 Å². The lowest BCUT2D eigenvalue weighted by Crippen LogP contribution is -2.10. The van der Waals surface area contributed by atoms with E-state index in [1.165, 1.54) is 57.7 Å². The van der Waals surface area contributed by atoms with Gasteiger partial charge in [0.2, 0.25) is 0 Å². The lowest BCUT2D eigenvalue weighted by atomic mass is 10.1. The van der Waals surface area contributed by atoms with E-state index in [1.54, 1.807) is 0 Å². The molecule has 0 heterocycles. The summed E-state index contributed by atoms with van der Waals surface area (Å²) < 4.78 is 69.3. The van der Waals surface area contributed by atoms with E-state index in [-0.39, 0.29) is 37.4 Å². The summed E-state index contributed by atoms with van der Waals surface area (Å²) in [7, 11) is 4.29. The molecule has 0 aliphatic rings. The highest BCUT2D eigenvalue weighted by Gasteiger charge is 2.29. The molecule has 0 radical (unpaired) electrons. The first-order valence-electron chi connectivity index (χ1n) is 9.23. The highest BCUT2D eigenvalue weighted by molar-refractivity contribution is 6.10. The number of carbonyl (C=O) groups excluding carboxylic acids is 1. The lowest BCUT2D eigenvalue weighted by molar-refractivity contribution is -0.137. The number of halogens is 3. The van der Waals surface area contributed by atoms with Crippen molar-refractivity contribution in [2.75, 3.05) is 41.7 Å². The van der Waals surface area contributed by atoms with Crippen molar-refractivity contribution in [3.05, 3.63) is 59.2 Å². The van der Waals surface area contributed by atoms with Crippen molar-refractivity contribution < 1.29 is 46.4 Å². The molecule has 0 unspecified atom stereocenters. The molecule has 0 spiro atoms. The highest BCUT2D eigenvalue weighted by atomic mass is 19.4. The summed E-state index contributed by atoms with van der Waals surface area (Å²) in [6.45, 7) is -0.352. The normalized spacial score (nSPS) is 11.6. The Hall–Kier alpha value is -3.08. The second-order valence-corrected chi connectivity index (χ2v) is 6.26. The van der Waals surface area contributed by atoms with Crippen LogP contribution in [0.3, 0.4) is 0 Å². The Balaban J connectivity index is 2.38. The van der Waals surface area contributed by atoms with Gasteiger partial charge in [-0.05, 0) is 23.8 Å². The summed E-state index contributed by atoms with van der Waals surface area (Å²) in [5.74, 6) is 0.0370. The molecule has 10 heteroatoms. The predicted octanol–water partition coefficient (Wildman–Crippen LogP) is 4.55. The van der Waals surface area contributed by atoms with E-state index in [0.717, 1.165) is 12.1 Å². The van der Waals surface area contributed by atoms with E-state index < -0.39 is 17.5 Å². The number of hydrogen-bond acceptors (Lipinski definition) is 7. The number of ether oxygens (including phenoxy) is 6. The number of rotatable bonds is 12. The zero-order valence-electron chi connectivity index (χ0n) is 17.7. The van der Waals surface area contributed by atoms with Gasteiger partial charge in [0.25, 0.3) is 0 Å². The van der Waals surface area contributed by atoms with E-state index in [2.05, 4.69) is 0 Å². The van der Waals surface area contributed by atoms with E-state index in [0.29, 0.717) is 11.3 Å². The van der Waals surface area contributed by atoms with Crippen molar-refractivity contribution in [3.8, 4) is 17.2 Å². The van der Waals surface area contributed by atoms with Gasteiger partial charge in [0.15, 0.2) is 26.2 Å². The van der Waals surface area contributed by atoms with Gasteiger partial charge in [-0.1, -0.05) is 18.2 Å². The minimum Gasteiger partial charge on any atom is -0.467 e. The SMILES string of the molecule is COCOc1cc(OCOC)c(C(=O)/C=C/c2ccc(C(F)(F)F)cc2)c(OCOC)c1. The van der Waals surface area contributed by atoms with Gasteiger partial charge in [0.1, 0.15) is 22.8 Å². The zero-order valence-corrected chi connectivity index (χ0v) is 17.7. The van der Waals surface area contributed by atoms with Gasteiger partial charge >= 0.3 is 6.18 Å². The minimum atomic E-state index is -4.44. The van der Waals surface area contributed by atoms with Gasteiger partial charge < -0.3 is 28.4 Å². The number of alkyl halides is 3. The van der Waals surface area contributed by atoms with Gasteiger partial charge in [-0.25, -0.2) is 0 Å². The highest BCUT2D eigenvalue weighted by Crippen LogP contribution is 2.35.